The molecule has 1 aliphatic heterocycles. The number of benzene rings is 1. The molecular formula is C19H25N3O4S. The standard InChI is InChI=1S/C19H25N3O4S/c1-12(2)15(17(24)21-14-8-10-20-18(25)16(14)23)22-19(27)26-11-9-13-6-4-3-5-7-13/h3-7,12,14-15H,8-11H2,1-2H3,(H,20,25)(H,21,24)(H,22,27). The molecule has 2 unspecified atom stereocenters. The molecule has 1 heterocycles. The van der Waals surface area contributed by atoms with Gasteiger partial charge >= 0.3 is 0 Å². The summed E-state index contributed by atoms with van der Waals surface area (Å²) < 4.78 is 5.51. The molecule has 27 heavy (non-hydrogen) atoms. The van der Waals surface area contributed by atoms with Crippen molar-refractivity contribution in [1.29, 1.82) is 0 Å². The molecular weight excluding hydrogens is 366 g/mol. The second kappa shape index (κ2) is 10.0. The maximum Gasteiger partial charge on any atom is 0.289 e. The highest BCUT2D eigenvalue weighted by Crippen LogP contribution is 2.06. The van der Waals surface area contributed by atoms with Crippen LogP contribution in [0.3, 0.4) is 0 Å². The van der Waals surface area contributed by atoms with Crippen LogP contribution in [0, 0.1) is 5.92 Å². The predicted molar refractivity (Wildman–Crippen MR) is 105 cm³/mol. The lowest BCUT2D eigenvalue weighted by Gasteiger charge is -2.27. The molecule has 0 bridgehead atoms. The minimum absolute atomic E-state index is 0.0896. The Morgan fingerprint density at radius 1 is 1.30 bits per heavy atom. The van der Waals surface area contributed by atoms with E-state index >= 15 is 0 Å². The Morgan fingerprint density at radius 3 is 2.67 bits per heavy atom. The van der Waals surface area contributed by atoms with Gasteiger partial charge < -0.3 is 20.7 Å². The van der Waals surface area contributed by atoms with Crippen molar-refractivity contribution in [3.05, 3.63) is 35.9 Å². The Labute approximate surface area is 164 Å². The van der Waals surface area contributed by atoms with Gasteiger partial charge in [0.05, 0.1) is 12.6 Å². The van der Waals surface area contributed by atoms with E-state index in [1.807, 2.05) is 44.2 Å². The summed E-state index contributed by atoms with van der Waals surface area (Å²) in [6.07, 6.45) is 1.08. The molecule has 1 fully saturated rings. The van der Waals surface area contributed by atoms with Crippen LogP contribution in [0.4, 0.5) is 0 Å². The average molecular weight is 391 g/mol. The normalized spacial score (nSPS) is 17.8. The highest BCUT2D eigenvalue weighted by molar-refractivity contribution is 7.80. The number of ether oxygens (including phenoxy) is 1. The van der Waals surface area contributed by atoms with Crippen molar-refractivity contribution < 1.29 is 19.1 Å². The van der Waals surface area contributed by atoms with Crippen LogP contribution in [0.2, 0.25) is 0 Å². The Balaban J connectivity index is 1.84. The van der Waals surface area contributed by atoms with Gasteiger partial charge in [0.1, 0.15) is 6.04 Å². The third-order valence-electron chi connectivity index (χ3n) is 4.26. The molecule has 1 aromatic rings. The quantitative estimate of drug-likeness (QED) is 0.468. The zero-order valence-electron chi connectivity index (χ0n) is 15.5. The Hall–Kier alpha value is -2.48. The molecule has 0 spiro atoms. The number of carbonyl (C=O) groups is 3. The molecule has 2 amide bonds. The molecule has 1 aromatic carbocycles. The van der Waals surface area contributed by atoms with Crippen molar-refractivity contribution in [3.8, 4) is 0 Å². The number of hydrogen-bond acceptors (Lipinski definition) is 5. The zero-order valence-corrected chi connectivity index (χ0v) is 16.3. The number of hydrogen-bond donors (Lipinski definition) is 3. The Kier molecular flexibility index (Phi) is 7.72. The van der Waals surface area contributed by atoms with Crippen molar-refractivity contribution in [2.24, 2.45) is 5.92 Å². The number of amides is 2. The van der Waals surface area contributed by atoms with Crippen LogP contribution in [0.15, 0.2) is 30.3 Å². The summed E-state index contributed by atoms with van der Waals surface area (Å²) in [6.45, 7) is 4.47. The minimum Gasteiger partial charge on any atom is -0.471 e. The molecule has 3 N–H and O–H groups in total. The van der Waals surface area contributed by atoms with Crippen LogP contribution in [0.1, 0.15) is 25.8 Å². The molecule has 2 rings (SSSR count). The molecule has 2 atom stereocenters. The van der Waals surface area contributed by atoms with Gasteiger partial charge in [0.25, 0.3) is 11.1 Å². The first-order valence-electron chi connectivity index (χ1n) is 8.98. The lowest BCUT2D eigenvalue weighted by molar-refractivity contribution is -0.142. The van der Waals surface area contributed by atoms with E-state index in [4.69, 9.17) is 17.0 Å². The Morgan fingerprint density at radius 2 is 2.00 bits per heavy atom. The number of carbonyl (C=O) groups excluding carboxylic acids is 3. The van der Waals surface area contributed by atoms with Crippen molar-refractivity contribution in [3.63, 3.8) is 0 Å². The first-order chi connectivity index (χ1) is 12.9. The summed E-state index contributed by atoms with van der Waals surface area (Å²) in [4.78, 5) is 35.9. The van der Waals surface area contributed by atoms with Gasteiger partial charge in [0, 0.05) is 13.0 Å². The Bertz CT molecular complexity index is 693. The van der Waals surface area contributed by atoms with Crippen LogP contribution in [-0.2, 0) is 25.5 Å². The smallest absolute Gasteiger partial charge is 0.289 e. The minimum atomic E-state index is -0.804. The van der Waals surface area contributed by atoms with Gasteiger partial charge in [-0.15, -0.1) is 0 Å². The first-order valence-corrected chi connectivity index (χ1v) is 9.39. The van der Waals surface area contributed by atoms with E-state index < -0.39 is 23.8 Å². The van der Waals surface area contributed by atoms with Crippen molar-refractivity contribution in [1.82, 2.24) is 16.0 Å². The average Bonchev–Trinajstić information content (AvgIpc) is 2.64. The molecule has 0 aliphatic carbocycles. The molecule has 1 aliphatic rings. The van der Waals surface area contributed by atoms with E-state index in [0.29, 0.717) is 26.0 Å². The van der Waals surface area contributed by atoms with Crippen LogP contribution in [0.5, 0.6) is 0 Å². The molecule has 0 aromatic heterocycles. The summed E-state index contributed by atoms with van der Waals surface area (Å²) in [5.74, 6) is -1.76. The number of Topliss-reactive ketones (excluding diaryl/α,β-unsaturated/α-hetero) is 1. The van der Waals surface area contributed by atoms with Gasteiger partial charge in [-0.3, -0.25) is 14.4 Å². The SMILES string of the molecule is CC(C)C(NC(=S)OCCc1ccccc1)C(=O)NC1CCNC(=O)C1=O. The lowest BCUT2D eigenvalue weighted by atomic mass is 10.0. The van der Waals surface area contributed by atoms with Gasteiger partial charge in [-0.2, -0.15) is 0 Å². The van der Waals surface area contributed by atoms with Crippen LogP contribution >= 0.6 is 12.2 Å². The lowest BCUT2D eigenvalue weighted by Crippen LogP contribution is -2.58. The fourth-order valence-corrected chi connectivity index (χ4v) is 2.93. The number of rotatable bonds is 7. The summed E-state index contributed by atoms with van der Waals surface area (Å²) in [6, 6.07) is 8.40. The monoisotopic (exact) mass is 391 g/mol. The molecule has 0 saturated carbocycles. The van der Waals surface area contributed by atoms with Gasteiger partial charge in [-0.05, 0) is 30.1 Å². The highest BCUT2D eigenvalue weighted by atomic mass is 32.1. The second-order valence-corrected chi connectivity index (χ2v) is 7.08. The van der Waals surface area contributed by atoms with Crippen molar-refractivity contribution in [2.45, 2.75) is 38.8 Å². The van der Waals surface area contributed by atoms with E-state index in [-0.39, 0.29) is 17.0 Å². The van der Waals surface area contributed by atoms with Crippen LogP contribution in [-0.4, -0.2) is 48.0 Å². The van der Waals surface area contributed by atoms with E-state index in [2.05, 4.69) is 16.0 Å². The fourth-order valence-electron chi connectivity index (χ4n) is 2.72. The maximum absolute atomic E-state index is 12.6. The third kappa shape index (κ3) is 6.32. The fraction of sp³-hybridized carbons (Fsp3) is 0.474. The van der Waals surface area contributed by atoms with E-state index in [1.165, 1.54) is 0 Å². The summed E-state index contributed by atoms with van der Waals surface area (Å²) in [7, 11) is 0. The zero-order chi connectivity index (χ0) is 19.8. The van der Waals surface area contributed by atoms with Gasteiger partial charge in [0.15, 0.2) is 0 Å². The number of thiocarbonyl (C=S) groups is 1. The molecule has 7 nitrogen and oxygen atoms in total. The number of ketones is 1. The largest absolute Gasteiger partial charge is 0.471 e. The number of nitrogens with one attached hydrogen (secondary N) is 3. The summed E-state index contributed by atoms with van der Waals surface area (Å²) in [5.41, 5.74) is 1.13. The summed E-state index contributed by atoms with van der Waals surface area (Å²) >= 11 is 5.19. The second-order valence-electron chi connectivity index (χ2n) is 6.71. The van der Waals surface area contributed by atoms with E-state index in [9.17, 15) is 14.4 Å². The van der Waals surface area contributed by atoms with E-state index in [1.54, 1.807) is 0 Å². The first kappa shape index (κ1) is 20.8. The molecule has 0 radical (unpaired) electrons. The number of piperidine rings is 1. The predicted octanol–water partition coefficient (Wildman–Crippen LogP) is 0.719. The van der Waals surface area contributed by atoms with Gasteiger partial charge in [-0.1, -0.05) is 44.2 Å². The molecule has 146 valence electrons. The molecule has 8 heteroatoms. The molecule has 1 saturated heterocycles. The van der Waals surface area contributed by atoms with Crippen LogP contribution in [0.25, 0.3) is 0 Å². The third-order valence-corrected chi connectivity index (χ3v) is 4.50. The van der Waals surface area contributed by atoms with Gasteiger partial charge in [0.2, 0.25) is 11.7 Å². The highest BCUT2D eigenvalue weighted by Gasteiger charge is 2.33. The van der Waals surface area contributed by atoms with Gasteiger partial charge in [-0.25, -0.2) is 0 Å². The van der Waals surface area contributed by atoms with Crippen LogP contribution < -0.4 is 16.0 Å². The summed E-state index contributed by atoms with van der Waals surface area (Å²) in [5, 5.41) is 8.14. The van der Waals surface area contributed by atoms with E-state index in [0.717, 1.165) is 5.56 Å². The van der Waals surface area contributed by atoms with Crippen molar-refractivity contribution in [2.75, 3.05) is 13.2 Å². The maximum atomic E-state index is 12.6. The van der Waals surface area contributed by atoms with Crippen molar-refractivity contribution >= 4 is 35.0 Å². The topological polar surface area (TPSA) is 96.5 Å².